The van der Waals surface area contributed by atoms with Gasteiger partial charge in [-0.2, -0.15) is 4.99 Å². The molecular weight excluding hydrogens is 228 g/mol. The molecule has 18 heavy (non-hydrogen) atoms. The quantitative estimate of drug-likeness (QED) is 0.743. The van der Waals surface area contributed by atoms with Crippen molar-refractivity contribution in [2.75, 3.05) is 18.4 Å². The minimum absolute atomic E-state index is 0.351. The van der Waals surface area contributed by atoms with Crippen molar-refractivity contribution in [3.63, 3.8) is 0 Å². The van der Waals surface area contributed by atoms with Crippen LogP contribution in [0.5, 0.6) is 0 Å². The molecule has 5 nitrogen and oxygen atoms in total. The maximum atomic E-state index is 11.8. The third kappa shape index (κ3) is 2.80. The maximum absolute atomic E-state index is 11.8. The molecule has 2 amide bonds. The Kier molecular flexibility index (Phi) is 3.82. The van der Waals surface area contributed by atoms with Crippen LogP contribution in [0, 0.1) is 6.92 Å². The molecule has 0 spiro atoms. The largest absolute Gasteiger partial charge is 0.354 e. The van der Waals surface area contributed by atoms with Crippen molar-refractivity contribution >= 4 is 17.7 Å². The number of hydrogen-bond donors (Lipinski definition) is 3. The maximum Gasteiger partial charge on any atom is 0.348 e. The number of guanidine groups is 1. The number of hydrogen-bond acceptors (Lipinski definition) is 1. The van der Waals surface area contributed by atoms with E-state index < -0.39 is 0 Å². The topological polar surface area (TPSA) is 65.5 Å². The van der Waals surface area contributed by atoms with Crippen LogP contribution < -0.4 is 16.0 Å². The lowest BCUT2D eigenvalue weighted by Crippen LogP contribution is -2.26. The molecule has 96 valence electrons. The Labute approximate surface area is 107 Å². The summed E-state index contributed by atoms with van der Waals surface area (Å²) in [4.78, 5) is 15.7. The van der Waals surface area contributed by atoms with Gasteiger partial charge >= 0.3 is 6.03 Å². The summed E-state index contributed by atoms with van der Waals surface area (Å²) in [5.41, 5.74) is 3.04. The molecule has 1 aromatic rings. The zero-order valence-electron chi connectivity index (χ0n) is 10.7. The first kappa shape index (κ1) is 12.4. The predicted octanol–water partition coefficient (Wildman–Crippen LogP) is 1.64. The van der Waals surface area contributed by atoms with Gasteiger partial charge in [-0.3, -0.25) is 0 Å². The van der Waals surface area contributed by atoms with Crippen LogP contribution in [0.4, 0.5) is 10.5 Å². The van der Waals surface area contributed by atoms with Gasteiger partial charge in [0, 0.05) is 18.8 Å². The van der Waals surface area contributed by atoms with Crippen LogP contribution in [-0.4, -0.2) is 25.1 Å². The summed E-state index contributed by atoms with van der Waals surface area (Å²) in [5.74, 6) is 0.541. The van der Waals surface area contributed by atoms with Gasteiger partial charge < -0.3 is 16.0 Å². The number of urea groups is 1. The van der Waals surface area contributed by atoms with Gasteiger partial charge in [0.15, 0.2) is 0 Å². The number of aryl methyl sites for hydroxylation is 2. The SMILES string of the molecule is CCc1cccc(C)c1NC(=O)N=C1NCCN1. The van der Waals surface area contributed by atoms with Gasteiger partial charge in [0.1, 0.15) is 0 Å². The lowest BCUT2D eigenvalue weighted by molar-refractivity contribution is 0.259. The molecule has 0 aromatic heterocycles. The van der Waals surface area contributed by atoms with E-state index in [2.05, 4.69) is 27.9 Å². The van der Waals surface area contributed by atoms with Crippen molar-refractivity contribution in [3.05, 3.63) is 29.3 Å². The molecule has 0 aliphatic carbocycles. The number of nitrogens with zero attached hydrogens (tertiary/aromatic N) is 1. The van der Waals surface area contributed by atoms with Crippen LogP contribution in [-0.2, 0) is 6.42 Å². The molecule has 2 rings (SSSR count). The molecule has 0 atom stereocenters. The Morgan fingerprint density at radius 3 is 2.78 bits per heavy atom. The molecule has 0 radical (unpaired) electrons. The van der Waals surface area contributed by atoms with Gasteiger partial charge in [-0.15, -0.1) is 0 Å². The fourth-order valence-electron chi connectivity index (χ4n) is 1.94. The molecule has 1 saturated heterocycles. The second-order valence-electron chi connectivity index (χ2n) is 4.21. The van der Waals surface area contributed by atoms with Crippen LogP contribution in [0.1, 0.15) is 18.1 Å². The van der Waals surface area contributed by atoms with E-state index in [0.717, 1.165) is 36.3 Å². The molecule has 1 heterocycles. The summed E-state index contributed by atoms with van der Waals surface area (Å²) in [5, 5.41) is 8.84. The van der Waals surface area contributed by atoms with Crippen LogP contribution in [0.15, 0.2) is 23.2 Å². The molecule has 1 fully saturated rings. The average Bonchev–Trinajstić information content (AvgIpc) is 2.84. The van der Waals surface area contributed by atoms with Crippen molar-refractivity contribution in [1.29, 1.82) is 0 Å². The standard InChI is InChI=1S/C13H18N4O/c1-3-10-6-4-5-9(2)11(10)16-13(18)17-12-14-7-8-15-12/h4-6H,3,7-8H2,1-2H3,(H3,14,15,16,17,18). The van der Waals surface area contributed by atoms with E-state index in [1.165, 1.54) is 0 Å². The predicted molar refractivity (Wildman–Crippen MR) is 73.0 cm³/mol. The van der Waals surface area contributed by atoms with E-state index in [1.54, 1.807) is 0 Å². The summed E-state index contributed by atoms with van der Waals surface area (Å²) in [7, 11) is 0. The fraction of sp³-hybridized carbons (Fsp3) is 0.385. The van der Waals surface area contributed by atoms with E-state index in [1.807, 2.05) is 25.1 Å². The molecule has 1 aliphatic rings. The van der Waals surface area contributed by atoms with E-state index in [9.17, 15) is 4.79 Å². The minimum atomic E-state index is -0.351. The Hall–Kier alpha value is -2.04. The highest BCUT2D eigenvalue weighted by Crippen LogP contribution is 2.21. The molecule has 3 N–H and O–H groups in total. The highest BCUT2D eigenvalue weighted by molar-refractivity contribution is 6.00. The van der Waals surface area contributed by atoms with Crippen LogP contribution >= 0.6 is 0 Å². The summed E-state index contributed by atoms with van der Waals surface area (Å²) in [6.07, 6.45) is 0.879. The van der Waals surface area contributed by atoms with Crippen molar-refractivity contribution in [1.82, 2.24) is 10.6 Å². The van der Waals surface area contributed by atoms with Crippen LogP contribution in [0.3, 0.4) is 0 Å². The molecule has 1 aliphatic heterocycles. The van der Waals surface area contributed by atoms with E-state index >= 15 is 0 Å². The van der Waals surface area contributed by atoms with Gasteiger partial charge in [-0.1, -0.05) is 25.1 Å². The zero-order valence-corrected chi connectivity index (χ0v) is 10.7. The van der Waals surface area contributed by atoms with Crippen molar-refractivity contribution in [2.24, 2.45) is 4.99 Å². The summed E-state index contributed by atoms with van der Waals surface area (Å²) < 4.78 is 0. The Bertz CT molecular complexity index is 474. The summed E-state index contributed by atoms with van der Waals surface area (Å²) >= 11 is 0. The van der Waals surface area contributed by atoms with Gasteiger partial charge in [0.25, 0.3) is 0 Å². The van der Waals surface area contributed by atoms with Crippen LogP contribution in [0.2, 0.25) is 0 Å². The molecular formula is C13H18N4O. The first-order chi connectivity index (χ1) is 8.70. The summed E-state index contributed by atoms with van der Waals surface area (Å²) in [6.45, 7) is 5.65. The third-order valence-corrected chi connectivity index (χ3v) is 2.90. The smallest absolute Gasteiger partial charge is 0.348 e. The first-order valence-electron chi connectivity index (χ1n) is 6.16. The normalized spacial score (nSPS) is 13.8. The zero-order chi connectivity index (χ0) is 13.0. The Balaban J connectivity index is 2.13. The van der Waals surface area contributed by atoms with Gasteiger partial charge in [-0.25, -0.2) is 4.79 Å². The van der Waals surface area contributed by atoms with Gasteiger partial charge in [-0.05, 0) is 24.5 Å². The Morgan fingerprint density at radius 1 is 1.39 bits per heavy atom. The van der Waals surface area contributed by atoms with Crippen LogP contribution in [0.25, 0.3) is 0 Å². The number of amides is 2. The number of benzene rings is 1. The van der Waals surface area contributed by atoms with E-state index in [-0.39, 0.29) is 6.03 Å². The highest BCUT2D eigenvalue weighted by atomic mass is 16.2. The van der Waals surface area contributed by atoms with Gasteiger partial charge in [0.2, 0.25) is 5.96 Å². The third-order valence-electron chi connectivity index (χ3n) is 2.90. The average molecular weight is 246 g/mol. The molecule has 0 unspecified atom stereocenters. The second-order valence-corrected chi connectivity index (χ2v) is 4.21. The number of rotatable bonds is 2. The fourth-order valence-corrected chi connectivity index (χ4v) is 1.94. The minimum Gasteiger partial charge on any atom is -0.354 e. The summed E-state index contributed by atoms with van der Waals surface area (Å²) in [6, 6.07) is 5.64. The number of para-hydroxylation sites is 1. The van der Waals surface area contributed by atoms with Crippen molar-refractivity contribution < 1.29 is 4.79 Å². The molecule has 0 saturated carbocycles. The van der Waals surface area contributed by atoms with Crippen molar-refractivity contribution in [2.45, 2.75) is 20.3 Å². The Morgan fingerprint density at radius 2 is 2.11 bits per heavy atom. The van der Waals surface area contributed by atoms with E-state index in [0.29, 0.717) is 5.96 Å². The van der Waals surface area contributed by atoms with Crippen molar-refractivity contribution in [3.8, 4) is 0 Å². The number of nitrogens with one attached hydrogen (secondary N) is 3. The lowest BCUT2D eigenvalue weighted by Gasteiger charge is -2.11. The monoisotopic (exact) mass is 246 g/mol. The first-order valence-corrected chi connectivity index (χ1v) is 6.16. The molecule has 0 bridgehead atoms. The molecule has 5 heteroatoms. The second kappa shape index (κ2) is 5.53. The highest BCUT2D eigenvalue weighted by Gasteiger charge is 2.10. The lowest BCUT2D eigenvalue weighted by atomic mass is 10.1. The number of carbonyl (C=O) groups excluding carboxylic acids is 1. The number of anilines is 1. The molecule has 1 aromatic carbocycles. The number of carbonyl (C=O) groups is 1. The van der Waals surface area contributed by atoms with Gasteiger partial charge in [0.05, 0.1) is 0 Å². The number of aliphatic imine (C=N–C) groups is 1. The van der Waals surface area contributed by atoms with E-state index in [4.69, 9.17) is 0 Å².